The summed E-state index contributed by atoms with van der Waals surface area (Å²) in [6, 6.07) is 8.30. The number of nitrogens with one attached hydrogen (secondary N) is 1. The van der Waals surface area contributed by atoms with Crippen LogP contribution in [0.3, 0.4) is 0 Å². The monoisotopic (exact) mass is 223 g/mol. The van der Waals surface area contributed by atoms with E-state index >= 15 is 0 Å². The number of amides is 1. The lowest BCUT2D eigenvalue weighted by Crippen LogP contribution is -2.37. The average Bonchev–Trinajstić information content (AvgIpc) is 2.18. The Labute approximate surface area is 98.4 Å². The Morgan fingerprint density at radius 2 is 2.00 bits per heavy atom. The van der Waals surface area contributed by atoms with Crippen molar-refractivity contribution >= 4 is 29.7 Å². The number of hydrogen-bond acceptors (Lipinski definition) is 2. The van der Waals surface area contributed by atoms with E-state index in [0.29, 0.717) is 12.8 Å². The lowest BCUT2D eigenvalue weighted by Gasteiger charge is -2.10. The highest BCUT2D eigenvalue weighted by Crippen LogP contribution is 2.02. The maximum atomic E-state index is 10.7. The third kappa shape index (κ3) is 4.64. The van der Waals surface area contributed by atoms with Crippen LogP contribution < -0.4 is 5.32 Å². The van der Waals surface area contributed by atoms with E-state index in [1.807, 2.05) is 30.3 Å². The van der Waals surface area contributed by atoms with Crippen LogP contribution in [0, 0.1) is 0 Å². The molecule has 0 heterocycles. The van der Waals surface area contributed by atoms with Crippen molar-refractivity contribution < 1.29 is 14.7 Å². The third-order valence-corrected chi connectivity index (χ3v) is 1.85. The number of hydrogen-bond donors (Lipinski definition) is 2. The molecule has 4 nitrogen and oxygen atoms in total. The van der Waals surface area contributed by atoms with Gasteiger partial charge in [-0.3, -0.25) is 4.79 Å². The van der Waals surface area contributed by atoms with E-state index in [0.717, 1.165) is 5.56 Å². The number of carboxylic acid groups (broad SMARTS) is 1. The van der Waals surface area contributed by atoms with Crippen molar-refractivity contribution in [1.82, 2.24) is 5.32 Å². The molecule has 5 heteroatoms. The van der Waals surface area contributed by atoms with Gasteiger partial charge in [0.1, 0.15) is 6.04 Å². The lowest BCUT2D eigenvalue weighted by molar-refractivity contribution is -0.140. The van der Waals surface area contributed by atoms with Crippen LogP contribution in [0.1, 0.15) is 5.56 Å². The summed E-state index contributed by atoms with van der Waals surface area (Å²) in [5, 5.41) is 11.0. The first-order valence-corrected chi connectivity index (χ1v) is 4.20. The smallest absolute Gasteiger partial charge is 0.326 e. The minimum absolute atomic E-state index is 0. The van der Waals surface area contributed by atoms with Crippen molar-refractivity contribution in [2.75, 3.05) is 0 Å². The van der Waals surface area contributed by atoms with Gasteiger partial charge in [-0.2, -0.15) is 0 Å². The zero-order chi connectivity index (χ0) is 10.4. The molecule has 1 aromatic rings. The molecule has 0 bridgehead atoms. The fraction of sp³-hybridized carbons (Fsp3) is 0.200. The SMILES string of the molecule is O=CNC(Cc1ccccc1)C(=O)O.[AlH3]. The Hall–Kier alpha value is -1.31. The van der Waals surface area contributed by atoms with Gasteiger partial charge in [0.25, 0.3) is 0 Å². The zero-order valence-corrected chi connectivity index (χ0v) is 7.51. The third-order valence-electron chi connectivity index (χ3n) is 1.85. The molecule has 0 aliphatic carbocycles. The summed E-state index contributed by atoms with van der Waals surface area (Å²) in [5.41, 5.74) is 0.884. The molecule has 0 aromatic heterocycles. The molecule has 0 aliphatic rings. The van der Waals surface area contributed by atoms with Crippen LogP contribution in [-0.4, -0.2) is 40.9 Å². The summed E-state index contributed by atoms with van der Waals surface area (Å²) in [7, 11) is 0. The molecular weight excluding hydrogens is 209 g/mol. The fourth-order valence-corrected chi connectivity index (χ4v) is 1.15. The number of rotatable bonds is 5. The van der Waals surface area contributed by atoms with Gasteiger partial charge in [-0.15, -0.1) is 0 Å². The maximum absolute atomic E-state index is 10.7. The number of carboxylic acids is 1. The standard InChI is InChI=1S/C10H11NO3.Al.3H/c12-7-11-9(10(13)14)6-8-4-2-1-3-5-8;;;;/h1-5,7,9H,6H2,(H,11,12)(H,13,14);;;;. The second-order valence-electron chi connectivity index (χ2n) is 2.87. The molecule has 1 atom stereocenters. The molecule has 80 valence electrons. The van der Waals surface area contributed by atoms with Crippen LogP contribution in [0.4, 0.5) is 0 Å². The number of carbonyl (C=O) groups excluding carboxylic acids is 1. The molecule has 2 N–H and O–H groups in total. The molecule has 0 radical (unpaired) electrons. The maximum Gasteiger partial charge on any atom is 0.326 e. The normalized spacial score (nSPS) is 10.9. The van der Waals surface area contributed by atoms with Gasteiger partial charge in [0.15, 0.2) is 17.4 Å². The lowest BCUT2D eigenvalue weighted by atomic mass is 10.1. The molecular formula is C10H14AlNO3. The largest absolute Gasteiger partial charge is 0.480 e. The summed E-state index contributed by atoms with van der Waals surface area (Å²) >= 11 is 0. The average molecular weight is 223 g/mol. The number of aliphatic carboxylic acids is 1. The molecule has 0 saturated carbocycles. The van der Waals surface area contributed by atoms with Crippen LogP contribution in [-0.2, 0) is 16.0 Å². The molecule has 1 aromatic carbocycles. The van der Waals surface area contributed by atoms with Gasteiger partial charge in [0.05, 0.1) is 0 Å². The fourth-order valence-electron chi connectivity index (χ4n) is 1.15. The van der Waals surface area contributed by atoms with E-state index in [1.54, 1.807) is 0 Å². The summed E-state index contributed by atoms with van der Waals surface area (Å²) in [4.78, 5) is 20.8. The van der Waals surface area contributed by atoms with Crippen LogP contribution >= 0.6 is 0 Å². The van der Waals surface area contributed by atoms with Crippen molar-refractivity contribution in [1.29, 1.82) is 0 Å². The second kappa shape index (κ2) is 7.05. The van der Waals surface area contributed by atoms with E-state index in [9.17, 15) is 9.59 Å². The van der Waals surface area contributed by atoms with Crippen molar-refractivity contribution in [2.45, 2.75) is 12.5 Å². The minimum atomic E-state index is -1.03. The van der Waals surface area contributed by atoms with Crippen molar-refractivity contribution in [2.24, 2.45) is 0 Å². The van der Waals surface area contributed by atoms with Crippen LogP contribution in [0.15, 0.2) is 30.3 Å². The van der Waals surface area contributed by atoms with Gasteiger partial charge < -0.3 is 10.4 Å². The van der Waals surface area contributed by atoms with Crippen LogP contribution in [0.5, 0.6) is 0 Å². The predicted molar refractivity (Wildman–Crippen MR) is 60.7 cm³/mol. The molecule has 0 fully saturated rings. The Morgan fingerprint density at radius 3 is 2.47 bits per heavy atom. The summed E-state index contributed by atoms with van der Waals surface area (Å²) < 4.78 is 0. The van der Waals surface area contributed by atoms with Crippen molar-refractivity contribution in [3.8, 4) is 0 Å². The van der Waals surface area contributed by atoms with Crippen molar-refractivity contribution in [3.05, 3.63) is 35.9 Å². The van der Waals surface area contributed by atoms with Gasteiger partial charge in [-0.25, -0.2) is 4.79 Å². The van der Waals surface area contributed by atoms with Crippen LogP contribution in [0.2, 0.25) is 0 Å². The van der Waals surface area contributed by atoms with Crippen LogP contribution in [0.25, 0.3) is 0 Å². The first-order valence-electron chi connectivity index (χ1n) is 4.20. The highest BCUT2D eigenvalue weighted by atomic mass is 27.0. The van der Waals surface area contributed by atoms with E-state index < -0.39 is 12.0 Å². The first kappa shape index (κ1) is 13.7. The van der Waals surface area contributed by atoms with E-state index in [-0.39, 0.29) is 17.4 Å². The van der Waals surface area contributed by atoms with E-state index in [1.165, 1.54) is 0 Å². The summed E-state index contributed by atoms with van der Waals surface area (Å²) in [6.45, 7) is 0. The van der Waals surface area contributed by atoms with Crippen molar-refractivity contribution in [3.63, 3.8) is 0 Å². The Morgan fingerprint density at radius 1 is 1.40 bits per heavy atom. The Kier molecular flexibility index (Phi) is 6.43. The van der Waals surface area contributed by atoms with Gasteiger partial charge in [-0.05, 0) is 5.56 Å². The number of benzene rings is 1. The molecule has 1 unspecified atom stereocenters. The minimum Gasteiger partial charge on any atom is -0.480 e. The summed E-state index contributed by atoms with van der Waals surface area (Å²) in [6.07, 6.45) is 0.705. The highest BCUT2D eigenvalue weighted by molar-refractivity contribution is 5.76. The number of carbonyl (C=O) groups is 2. The quantitative estimate of drug-likeness (QED) is 0.509. The molecule has 0 saturated heterocycles. The Balaban J connectivity index is 0.00000196. The van der Waals surface area contributed by atoms with Gasteiger partial charge in [0.2, 0.25) is 6.41 Å². The molecule has 0 spiro atoms. The Bertz CT molecular complexity index is 316. The zero-order valence-electron chi connectivity index (χ0n) is 7.51. The van der Waals surface area contributed by atoms with E-state index in [4.69, 9.17) is 5.11 Å². The second-order valence-corrected chi connectivity index (χ2v) is 2.87. The molecule has 1 rings (SSSR count). The molecule has 1 amide bonds. The molecule has 15 heavy (non-hydrogen) atoms. The first-order chi connectivity index (χ1) is 6.74. The van der Waals surface area contributed by atoms with E-state index in [2.05, 4.69) is 5.32 Å². The molecule has 0 aliphatic heterocycles. The topological polar surface area (TPSA) is 66.4 Å². The van der Waals surface area contributed by atoms with Gasteiger partial charge in [-0.1, -0.05) is 30.3 Å². The predicted octanol–water partition coefficient (Wildman–Crippen LogP) is -0.756. The van der Waals surface area contributed by atoms with Gasteiger partial charge in [0, 0.05) is 6.42 Å². The highest BCUT2D eigenvalue weighted by Gasteiger charge is 2.15. The van der Waals surface area contributed by atoms with Gasteiger partial charge >= 0.3 is 5.97 Å². The summed E-state index contributed by atoms with van der Waals surface area (Å²) in [5.74, 6) is -1.03.